The van der Waals surface area contributed by atoms with Gasteiger partial charge in [-0.1, -0.05) is 29.3 Å². The summed E-state index contributed by atoms with van der Waals surface area (Å²) < 4.78 is 0. The number of halogens is 3. The normalized spacial score (nSPS) is 11.8. The predicted octanol–water partition coefficient (Wildman–Crippen LogP) is 4.53. The van der Waals surface area contributed by atoms with E-state index in [-0.39, 0.29) is 12.4 Å². The average molecular weight is 305 g/mol. The number of benzene rings is 1. The van der Waals surface area contributed by atoms with Crippen molar-refractivity contribution in [2.75, 3.05) is 0 Å². The van der Waals surface area contributed by atoms with Crippen molar-refractivity contribution in [2.24, 2.45) is 0 Å². The molecule has 1 aromatic carbocycles. The fourth-order valence-corrected chi connectivity index (χ4v) is 2.00. The van der Waals surface area contributed by atoms with Gasteiger partial charge in [-0.25, -0.2) is 0 Å². The Labute approximate surface area is 122 Å². The van der Waals surface area contributed by atoms with Gasteiger partial charge in [0, 0.05) is 11.8 Å². The number of hydrogen-bond acceptors (Lipinski definition) is 2. The third kappa shape index (κ3) is 3.15. The molecule has 1 aromatic heterocycles. The van der Waals surface area contributed by atoms with Crippen molar-refractivity contribution in [3.63, 3.8) is 0 Å². The Hall–Kier alpha value is -0.800. The smallest absolute Gasteiger partial charge is 0.0903 e. The number of aliphatic hydroxyl groups excluding tert-OH is 1. The zero-order valence-corrected chi connectivity index (χ0v) is 11.9. The summed E-state index contributed by atoms with van der Waals surface area (Å²) in [5.74, 6) is 0. The van der Waals surface area contributed by atoms with Gasteiger partial charge in [0.05, 0.1) is 21.8 Å². The van der Waals surface area contributed by atoms with Crippen LogP contribution < -0.4 is 0 Å². The highest BCUT2D eigenvalue weighted by Gasteiger charge is 2.11. The quantitative estimate of drug-likeness (QED) is 0.884. The van der Waals surface area contributed by atoms with Crippen LogP contribution >= 0.6 is 35.6 Å². The lowest BCUT2D eigenvalue weighted by Gasteiger charge is -2.10. The van der Waals surface area contributed by atoms with Crippen LogP contribution in [0.2, 0.25) is 10.0 Å². The van der Waals surface area contributed by atoms with E-state index in [1.54, 1.807) is 43.5 Å². The Morgan fingerprint density at radius 1 is 1.17 bits per heavy atom. The maximum Gasteiger partial charge on any atom is 0.0903 e. The molecule has 96 valence electrons. The predicted molar refractivity (Wildman–Crippen MR) is 77.6 cm³/mol. The topological polar surface area (TPSA) is 33.1 Å². The van der Waals surface area contributed by atoms with Crippen molar-refractivity contribution in [1.29, 1.82) is 0 Å². The van der Waals surface area contributed by atoms with Gasteiger partial charge in [-0.3, -0.25) is 4.98 Å². The van der Waals surface area contributed by atoms with E-state index in [9.17, 15) is 5.11 Å². The van der Waals surface area contributed by atoms with Crippen LogP contribution in [0.1, 0.15) is 18.6 Å². The van der Waals surface area contributed by atoms with Crippen LogP contribution in [-0.2, 0) is 0 Å². The Bertz CT molecular complexity index is 544. The van der Waals surface area contributed by atoms with E-state index in [0.717, 1.165) is 11.1 Å². The van der Waals surface area contributed by atoms with Crippen LogP contribution in [0.15, 0.2) is 36.5 Å². The van der Waals surface area contributed by atoms with Crippen molar-refractivity contribution in [3.8, 4) is 11.3 Å². The monoisotopic (exact) mass is 303 g/mol. The molecule has 18 heavy (non-hydrogen) atoms. The van der Waals surface area contributed by atoms with E-state index in [0.29, 0.717) is 15.7 Å². The second-order valence-electron chi connectivity index (χ2n) is 3.75. The molecule has 0 saturated heterocycles. The van der Waals surface area contributed by atoms with Gasteiger partial charge in [0.1, 0.15) is 0 Å². The average Bonchev–Trinajstić information content (AvgIpc) is 2.30. The molecule has 2 rings (SSSR count). The second kappa shape index (κ2) is 6.39. The Kier molecular flexibility index (Phi) is 5.42. The summed E-state index contributed by atoms with van der Waals surface area (Å²) in [7, 11) is 0. The first kappa shape index (κ1) is 15.3. The van der Waals surface area contributed by atoms with E-state index in [1.165, 1.54) is 0 Å². The zero-order valence-electron chi connectivity index (χ0n) is 9.60. The lowest BCUT2D eigenvalue weighted by molar-refractivity contribution is 0.199. The molecule has 2 aromatic rings. The molecule has 0 spiro atoms. The summed E-state index contributed by atoms with van der Waals surface area (Å²) in [6.07, 6.45) is 1.11. The molecule has 0 radical (unpaired) electrons. The van der Waals surface area contributed by atoms with E-state index < -0.39 is 6.10 Å². The highest BCUT2D eigenvalue weighted by molar-refractivity contribution is 6.36. The molecule has 0 fully saturated rings. The molecule has 0 aliphatic heterocycles. The SMILES string of the molecule is CC(O)c1ccc(Cl)c(-c2ncccc2Cl)c1.Cl. The molecule has 5 heteroatoms. The summed E-state index contributed by atoms with van der Waals surface area (Å²) in [6.45, 7) is 1.70. The largest absolute Gasteiger partial charge is 0.389 e. The van der Waals surface area contributed by atoms with Gasteiger partial charge in [0.15, 0.2) is 0 Å². The van der Waals surface area contributed by atoms with Gasteiger partial charge in [0.25, 0.3) is 0 Å². The maximum absolute atomic E-state index is 9.56. The third-order valence-electron chi connectivity index (χ3n) is 2.49. The Morgan fingerprint density at radius 2 is 1.89 bits per heavy atom. The minimum Gasteiger partial charge on any atom is -0.389 e. The van der Waals surface area contributed by atoms with Crippen molar-refractivity contribution >= 4 is 35.6 Å². The van der Waals surface area contributed by atoms with E-state index in [1.807, 2.05) is 0 Å². The summed E-state index contributed by atoms with van der Waals surface area (Å²) in [5.41, 5.74) is 2.14. The van der Waals surface area contributed by atoms with Gasteiger partial charge >= 0.3 is 0 Å². The number of nitrogens with zero attached hydrogens (tertiary/aromatic N) is 1. The lowest BCUT2D eigenvalue weighted by atomic mass is 10.0. The van der Waals surface area contributed by atoms with Gasteiger partial charge in [-0.15, -0.1) is 12.4 Å². The molecule has 1 N–H and O–H groups in total. The molecule has 1 atom stereocenters. The number of pyridine rings is 1. The molecular formula is C13H12Cl3NO. The third-order valence-corrected chi connectivity index (χ3v) is 3.12. The summed E-state index contributed by atoms with van der Waals surface area (Å²) >= 11 is 12.2. The number of aromatic nitrogens is 1. The summed E-state index contributed by atoms with van der Waals surface area (Å²) in [6, 6.07) is 8.85. The van der Waals surface area contributed by atoms with Gasteiger partial charge in [0.2, 0.25) is 0 Å². The minimum absolute atomic E-state index is 0. The van der Waals surface area contributed by atoms with E-state index in [4.69, 9.17) is 23.2 Å². The Morgan fingerprint density at radius 3 is 2.50 bits per heavy atom. The lowest BCUT2D eigenvalue weighted by Crippen LogP contribution is -1.93. The first-order chi connectivity index (χ1) is 8.09. The molecule has 0 aliphatic rings. The highest BCUT2D eigenvalue weighted by atomic mass is 35.5. The molecule has 0 amide bonds. The molecule has 1 heterocycles. The fraction of sp³-hybridized carbons (Fsp3) is 0.154. The van der Waals surface area contributed by atoms with Crippen LogP contribution in [0.25, 0.3) is 11.3 Å². The van der Waals surface area contributed by atoms with E-state index >= 15 is 0 Å². The van der Waals surface area contributed by atoms with Crippen molar-refractivity contribution in [2.45, 2.75) is 13.0 Å². The standard InChI is InChI=1S/C13H11Cl2NO.ClH/c1-8(17)9-4-5-11(14)10(7-9)13-12(15)3-2-6-16-13;/h2-8,17H,1H3;1H. The first-order valence-corrected chi connectivity index (χ1v) is 5.93. The molecule has 1 unspecified atom stereocenters. The molecule has 0 bridgehead atoms. The fourth-order valence-electron chi connectivity index (χ4n) is 1.57. The van der Waals surface area contributed by atoms with Crippen LogP contribution in [0.4, 0.5) is 0 Å². The number of rotatable bonds is 2. The van der Waals surface area contributed by atoms with Crippen molar-refractivity contribution < 1.29 is 5.11 Å². The minimum atomic E-state index is -0.548. The van der Waals surface area contributed by atoms with Gasteiger partial charge in [-0.2, -0.15) is 0 Å². The molecular weight excluding hydrogens is 293 g/mol. The zero-order chi connectivity index (χ0) is 12.4. The first-order valence-electron chi connectivity index (χ1n) is 5.18. The number of hydrogen-bond donors (Lipinski definition) is 1. The van der Waals surface area contributed by atoms with E-state index in [2.05, 4.69) is 4.98 Å². The second-order valence-corrected chi connectivity index (χ2v) is 4.56. The summed E-state index contributed by atoms with van der Waals surface area (Å²) in [5, 5.41) is 10.7. The highest BCUT2D eigenvalue weighted by Crippen LogP contribution is 2.33. The van der Waals surface area contributed by atoms with Crippen LogP contribution in [0.3, 0.4) is 0 Å². The van der Waals surface area contributed by atoms with Crippen LogP contribution in [0, 0.1) is 0 Å². The van der Waals surface area contributed by atoms with Gasteiger partial charge in [-0.05, 0) is 36.8 Å². The van der Waals surface area contributed by atoms with Gasteiger partial charge < -0.3 is 5.11 Å². The molecule has 2 nitrogen and oxygen atoms in total. The van der Waals surface area contributed by atoms with Crippen LogP contribution in [0.5, 0.6) is 0 Å². The summed E-state index contributed by atoms with van der Waals surface area (Å²) in [4.78, 5) is 4.21. The van der Waals surface area contributed by atoms with Crippen molar-refractivity contribution in [3.05, 3.63) is 52.1 Å². The van der Waals surface area contributed by atoms with Crippen LogP contribution in [-0.4, -0.2) is 10.1 Å². The maximum atomic E-state index is 9.56. The van der Waals surface area contributed by atoms with Crippen molar-refractivity contribution in [1.82, 2.24) is 4.98 Å². The molecule has 0 saturated carbocycles. The Balaban J connectivity index is 0.00000162. The molecule has 0 aliphatic carbocycles. The number of aliphatic hydroxyl groups is 1.